The van der Waals surface area contributed by atoms with Crippen molar-refractivity contribution in [2.24, 2.45) is 17.1 Å². The molecule has 3 rings (SSSR count). The minimum Gasteiger partial charge on any atom is -0.381 e. The van der Waals surface area contributed by atoms with E-state index in [1.807, 2.05) is 12.5 Å². The van der Waals surface area contributed by atoms with Gasteiger partial charge in [0, 0.05) is 24.8 Å². The molecule has 2 fully saturated rings. The standard InChI is InChI=1S/C15H25N3O/c1-15(2)5-3-12(7-15)18-10-17-8-13(18)14(16)11-4-6-19-9-11/h8,10-12,14H,3-7,9,16H2,1-2H3. The van der Waals surface area contributed by atoms with E-state index in [2.05, 4.69) is 23.4 Å². The molecule has 2 heterocycles. The van der Waals surface area contributed by atoms with Gasteiger partial charge >= 0.3 is 0 Å². The lowest BCUT2D eigenvalue weighted by atomic mass is 9.91. The fourth-order valence-electron chi connectivity index (χ4n) is 3.59. The molecular formula is C15H25N3O. The van der Waals surface area contributed by atoms with E-state index in [-0.39, 0.29) is 6.04 Å². The summed E-state index contributed by atoms with van der Waals surface area (Å²) in [6, 6.07) is 0.634. The van der Waals surface area contributed by atoms with E-state index in [9.17, 15) is 0 Å². The van der Waals surface area contributed by atoms with Crippen molar-refractivity contribution in [3.8, 4) is 0 Å². The van der Waals surface area contributed by atoms with Gasteiger partial charge in [-0.05, 0) is 31.1 Å². The molecule has 1 aromatic rings. The number of nitrogens with zero attached hydrogens (tertiary/aromatic N) is 2. The fourth-order valence-corrected chi connectivity index (χ4v) is 3.59. The highest BCUT2D eigenvalue weighted by Gasteiger charge is 2.34. The molecule has 0 radical (unpaired) electrons. The van der Waals surface area contributed by atoms with Crippen LogP contribution in [0.25, 0.3) is 0 Å². The molecule has 19 heavy (non-hydrogen) atoms. The van der Waals surface area contributed by atoms with Crippen LogP contribution in [-0.4, -0.2) is 22.8 Å². The van der Waals surface area contributed by atoms with Crippen molar-refractivity contribution in [1.29, 1.82) is 0 Å². The molecular weight excluding hydrogens is 238 g/mol. The minimum absolute atomic E-state index is 0.0636. The lowest BCUT2D eigenvalue weighted by molar-refractivity contribution is 0.180. The molecule has 0 bridgehead atoms. The molecule has 1 saturated carbocycles. The quantitative estimate of drug-likeness (QED) is 0.912. The molecule has 3 unspecified atom stereocenters. The number of nitrogens with two attached hydrogens (primary N) is 1. The molecule has 3 atom stereocenters. The summed E-state index contributed by atoms with van der Waals surface area (Å²) >= 11 is 0. The molecule has 1 saturated heterocycles. The van der Waals surface area contributed by atoms with Gasteiger partial charge in [0.05, 0.1) is 24.7 Å². The number of aromatic nitrogens is 2. The van der Waals surface area contributed by atoms with Gasteiger partial charge in [0.1, 0.15) is 0 Å². The van der Waals surface area contributed by atoms with Gasteiger partial charge in [0.2, 0.25) is 0 Å². The Bertz CT molecular complexity index is 418. The highest BCUT2D eigenvalue weighted by atomic mass is 16.5. The summed E-state index contributed by atoms with van der Waals surface area (Å²) in [5, 5.41) is 0. The van der Waals surface area contributed by atoms with E-state index in [4.69, 9.17) is 10.5 Å². The number of hydrogen-bond acceptors (Lipinski definition) is 3. The largest absolute Gasteiger partial charge is 0.381 e. The number of hydrogen-bond donors (Lipinski definition) is 1. The zero-order chi connectivity index (χ0) is 13.5. The third kappa shape index (κ3) is 2.56. The van der Waals surface area contributed by atoms with Crippen molar-refractivity contribution < 1.29 is 4.74 Å². The SMILES string of the molecule is CC1(C)CCC(n2cncc2C(N)C2CCOC2)C1. The minimum atomic E-state index is 0.0636. The van der Waals surface area contributed by atoms with Crippen LogP contribution in [0, 0.1) is 11.3 Å². The van der Waals surface area contributed by atoms with Gasteiger partial charge in [-0.1, -0.05) is 13.8 Å². The second-order valence-corrected chi connectivity index (χ2v) is 6.94. The normalized spacial score (nSPS) is 31.7. The Morgan fingerprint density at radius 2 is 2.32 bits per heavy atom. The van der Waals surface area contributed by atoms with E-state index < -0.39 is 0 Å². The Morgan fingerprint density at radius 1 is 1.47 bits per heavy atom. The van der Waals surface area contributed by atoms with Gasteiger partial charge in [-0.15, -0.1) is 0 Å². The van der Waals surface area contributed by atoms with Crippen LogP contribution in [0.4, 0.5) is 0 Å². The molecule has 0 aromatic carbocycles. The van der Waals surface area contributed by atoms with Crippen LogP contribution in [0.15, 0.2) is 12.5 Å². The van der Waals surface area contributed by atoms with Gasteiger partial charge in [-0.2, -0.15) is 0 Å². The highest BCUT2D eigenvalue weighted by Crippen LogP contribution is 2.44. The van der Waals surface area contributed by atoms with Crippen LogP contribution in [0.5, 0.6) is 0 Å². The predicted molar refractivity (Wildman–Crippen MR) is 74.8 cm³/mol. The van der Waals surface area contributed by atoms with Crippen LogP contribution < -0.4 is 5.73 Å². The predicted octanol–water partition coefficient (Wildman–Crippen LogP) is 2.67. The zero-order valence-electron chi connectivity index (χ0n) is 12.0. The molecule has 2 aliphatic rings. The summed E-state index contributed by atoms with van der Waals surface area (Å²) in [6.45, 7) is 6.36. The van der Waals surface area contributed by atoms with Crippen LogP contribution in [0.1, 0.15) is 57.3 Å². The first-order valence-corrected chi connectivity index (χ1v) is 7.42. The smallest absolute Gasteiger partial charge is 0.0951 e. The molecule has 1 aromatic heterocycles. The summed E-state index contributed by atoms with van der Waals surface area (Å²) in [6.07, 6.45) is 8.75. The van der Waals surface area contributed by atoms with Crippen molar-refractivity contribution in [2.45, 2.75) is 51.6 Å². The second kappa shape index (κ2) is 4.91. The second-order valence-electron chi connectivity index (χ2n) is 6.94. The fraction of sp³-hybridized carbons (Fsp3) is 0.800. The van der Waals surface area contributed by atoms with E-state index in [0.717, 1.165) is 19.6 Å². The molecule has 4 nitrogen and oxygen atoms in total. The van der Waals surface area contributed by atoms with Gasteiger partial charge in [-0.25, -0.2) is 4.98 Å². The summed E-state index contributed by atoms with van der Waals surface area (Å²) in [4.78, 5) is 4.35. The Balaban J connectivity index is 1.78. The molecule has 0 spiro atoms. The van der Waals surface area contributed by atoms with Crippen LogP contribution >= 0.6 is 0 Å². The maximum Gasteiger partial charge on any atom is 0.0951 e. The lowest BCUT2D eigenvalue weighted by Crippen LogP contribution is -2.25. The first-order valence-electron chi connectivity index (χ1n) is 7.42. The third-order valence-corrected chi connectivity index (χ3v) is 4.85. The average molecular weight is 263 g/mol. The average Bonchev–Trinajstić information content (AvgIpc) is 3.06. The third-order valence-electron chi connectivity index (χ3n) is 4.85. The van der Waals surface area contributed by atoms with E-state index in [0.29, 0.717) is 17.4 Å². The molecule has 2 N–H and O–H groups in total. The topological polar surface area (TPSA) is 53.1 Å². The highest BCUT2D eigenvalue weighted by molar-refractivity contribution is 5.09. The van der Waals surface area contributed by atoms with Crippen LogP contribution in [-0.2, 0) is 4.74 Å². The summed E-state index contributed by atoms with van der Waals surface area (Å²) in [5.41, 5.74) is 8.08. The molecule has 1 aliphatic carbocycles. The van der Waals surface area contributed by atoms with Gasteiger partial charge in [0.15, 0.2) is 0 Å². The lowest BCUT2D eigenvalue weighted by Gasteiger charge is -2.24. The maximum atomic E-state index is 6.44. The van der Waals surface area contributed by atoms with Crippen molar-refractivity contribution in [3.05, 3.63) is 18.2 Å². The van der Waals surface area contributed by atoms with Crippen molar-refractivity contribution in [1.82, 2.24) is 9.55 Å². The number of rotatable bonds is 3. The number of imidazole rings is 1. The summed E-state index contributed by atoms with van der Waals surface area (Å²) in [7, 11) is 0. The number of ether oxygens (including phenoxy) is 1. The summed E-state index contributed by atoms with van der Waals surface area (Å²) in [5.74, 6) is 0.449. The van der Waals surface area contributed by atoms with Crippen LogP contribution in [0.2, 0.25) is 0 Å². The van der Waals surface area contributed by atoms with Gasteiger partial charge in [-0.3, -0.25) is 0 Å². The molecule has 1 aliphatic heterocycles. The first-order chi connectivity index (χ1) is 9.07. The van der Waals surface area contributed by atoms with Gasteiger partial charge < -0.3 is 15.0 Å². The molecule has 4 heteroatoms. The van der Waals surface area contributed by atoms with Crippen molar-refractivity contribution >= 4 is 0 Å². The zero-order valence-corrected chi connectivity index (χ0v) is 12.0. The van der Waals surface area contributed by atoms with Crippen molar-refractivity contribution in [3.63, 3.8) is 0 Å². The summed E-state index contributed by atoms with van der Waals surface area (Å²) < 4.78 is 7.80. The Kier molecular flexibility index (Phi) is 3.39. The monoisotopic (exact) mass is 263 g/mol. The van der Waals surface area contributed by atoms with Gasteiger partial charge in [0.25, 0.3) is 0 Å². The van der Waals surface area contributed by atoms with E-state index in [1.165, 1.54) is 25.0 Å². The Labute approximate surface area is 115 Å². The van der Waals surface area contributed by atoms with E-state index >= 15 is 0 Å². The molecule has 0 amide bonds. The Morgan fingerprint density at radius 3 is 2.95 bits per heavy atom. The molecule has 106 valence electrons. The Hall–Kier alpha value is -0.870. The van der Waals surface area contributed by atoms with Crippen LogP contribution in [0.3, 0.4) is 0 Å². The van der Waals surface area contributed by atoms with Crippen molar-refractivity contribution in [2.75, 3.05) is 13.2 Å². The first kappa shape index (κ1) is 13.1. The maximum absolute atomic E-state index is 6.44. The van der Waals surface area contributed by atoms with E-state index in [1.54, 1.807) is 0 Å².